The first-order chi connectivity index (χ1) is 10.0. The summed E-state index contributed by atoms with van der Waals surface area (Å²) in [6.45, 7) is 1.38. The van der Waals surface area contributed by atoms with Gasteiger partial charge >= 0.3 is 21.7 Å². The number of pyridine rings is 1. The van der Waals surface area contributed by atoms with Crippen molar-refractivity contribution in [3.63, 3.8) is 0 Å². The van der Waals surface area contributed by atoms with Crippen molar-refractivity contribution in [3.8, 4) is 5.88 Å². The Labute approximate surface area is 123 Å². The first-order valence-corrected chi connectivity index (χ1v) is 6.96. The number of hydrogen-bond donors (Lipinski definition) is 2. The number of nitrogens with two attached hydrogens (primary N) is 1. The van der Waals surface area contributed by atoms with Crippen molar-refractivity contribution >= 4 is 22.0 Å². The molecule has 0 aliphatic carbocycles. The number of aliphatic imine (C=N–C) groups is 1. The number of alkyl halides is 3. The van der Waals surface area contributed by atoms with Gasteiger partial charge in [0.05, 0.1) is 0 Å². The van der Waals surface area contributed by atoms with Gasteiger partial charge in [-0.3, -0.25) is 0 Å². The average molecular weight is 340 g/mol. The van der Waals surface area contributed by atoms with Crippen LogP contribution in [0.4, 0.5) is 18.0 Å². The van der Waals surface area contributed by atoms with E-state index in [4.69, 9.17) is 5.73 Å². The largest absolute Gasteiger partial charge is 0.534 e. The van der Waals surface area contributed by atoms with Crippen molar-refractivity contribution in [1.29, 1.82) is 0 Å². The van der Waals surface area contributed by atoms with E-state index >= 15 is 0 Å². The average Bonchev–Trinajstić information content (AvgIpc) is 2.35. The van der Waals surface area contributed by atoms with Gasteiger partial charge in [-0.1, -0.05) is 6.07 Å². The predicted octanol–water partition coefficient (Wildman–Crippen LogP) is 0.897. The third kappa shape index (κ3) is 5.20. The van der Waals surface area contributed by atoms with Gasteiger partial charge in [-0.25, -0.2) is 9.78 Å². The minimum atomic E-state index is -5.77. The standard InChI is InChI=1S/C10H11F3N4O4S/c1-6(14)17-9(18)16-5-7-2-3-8(15-4-7)21-22(19,20)10(11,12)13/h2-4H,5H2,1H3,(H3,14,16,17,18). The Balaban J connectivity index is 2.68. The number of aromatic nitrogens is 1. The van der Waals surface area contributed by atoms with E-state index in [-0.39, 0.29) is 12.4 Å². The summed E-state index contributed by atoms with van der Waals surface area (Å²) in [7, 11) is -5.77. The zero-order chi connectivity index (χ0) is 17.0. The van der Waals surface area contributed by atoms with Crippen molar-refractivity contribution < 1.29 is 30.6 Å². The van der Waals surface area contributed by atoms with E-state index in [1.807, 2.05) is 0 Å². The molecule has 1 heterocycles. The maximum atomic E-state index is 12.1. The Kier molecular flexibility index (Phi) is 5.30. The molecule has 0 atom stereocenters. The molecule has 22 heavy (non-hydrogen) atoms. The molecule has 1 aromatic rings. The van der Waals surface area contributed by atoms with E-state index in [0.717, 1.165) is 12.3 Å². The molecule has 0 bridgehead atoms. The molecule has 8 nitrogen and oxygen atoms in total. The molecule has 3 N–H and O–H groups in total. The summed E-state index contributed by atoms with van der Waals surface area (Å²) in [5, 5.41) is 2.34. The van der Waals surface area contributed by atoms with Gasteiger partial charge in [0.2, 0.25) is 5.88 Å². The van der Waals surface area contributed by atoms with Gasteiger partial charge in [0.1, 0.15) is 5.84 Å². The molecule has 0 aliphatic heterocycles. The number of nitrogens with zero attached hydrogens (tertiary/aromatic N) is 2. The molecule has 0 saturated carbocycles. The number of carbonyl (C=O) groups is 1. The summed E-state index contributed by atoms with van der Waals surface area (Å²) in [5.74, 6) is -0.694. The van der Waals surface area contributed by atoms with Crippen molar-refractivity contribution in [1.82, 2.24) is 10.3 Å². The first kappa shape index (κ1) is 17.7. The molecule has 1 rings (SSSR count). The van der Waals surface area contributed by atoms with Crippen LogP contribution in [0, 0.1) is 0 Å². The molecule has 0 saturated heterocycles. The Morgan fingerprint density at radius 1 is 1.45 bits per heavy atom. The number of nitrogens with one attached hydrogen (secondary N) is 1. The van der Waals surface area contributed by atoms with Crippen LogP contribution in [0.5, 0.6) is 5.88 Å². The van der Waals surface area contributed by atoms with E-state index in [0.29, 0.717) is 5.56 Å². The summed E-state index contributed by atoms with van der Waals surface area (Å²) < 4.78 is 61.6. The number of carbonyl (C=O) groups excluding carboxylic acids is 1. The van der Waals surface area contributed by atoms with Crippen LogP contribution in [0.1, 0.15) is 12.5 Å². The zero-order valence-electron chi connectivity index (χ0n) is 11.1. The van der Waals surface area contributed by atoms with E-state index in [1.54, 1.807) is 0 Å². The predicted molar refractivity (Wildman–Crippen MR) is 69.4 cm³/mol. The molecule has 122 valence electrons. The van der Waals surface area contributed by atoms with Gasteiger partial charge in [-0.2, -0.15) is 26.6 Å². The lowest BCUT2D eigenvalue weighted by molar-refractivity contribution is -0.0501. The third-order valence-corrected chi connectivity index (χ3v) is 2.95. The van der Waals surface area contributed by atoms with Crippen LogP contribution in [-0.4, -0.2) is 30.8 Å². The lowest BCUT2D eigenvalue weighted by Gasteiger charge is -2.09. The fourth-order valence-corrected chi connectivity index (χ4v) is 1.52. The second-order valence-electron chi connectivity index (χ2n) is 3.90. The molecule has 0 aliphatic rings. The van der Waals surface area contributed by atoms with Gasteiger partial charge in [0.25, 0.3) is 0 Å². The third-order valence-electron chi connectivity index (χ3n) is 2.00. The molecule has 12 heteroatoms. The highest BCUT2D eigenvalue weighted by molar-refractivity contribution is 7.87. The lowest BCUT2D eigenvalue weighted by Crippen LogP contribution is -2.28. The molecule has 2 amide bonds. The topological polar surface area (TPSA) is 124 Å². The maximum absolute atomic E-state index is 12.1. The van der Waals surface area contributed by atoms with Crippen molar-refractivity contribution in [2.24, 2.45) is 10.7 Å². The number of hydrogen-bond acceptors (Lipinski definition) is 5. The van der Waals surface area contributed by atoms with Crippen molar-refractivity contribution in [2.75, 3.05) is 0 Å². The minimum absolute atomic E-state index is 0.0328. The number of rotatable bonds is 4. The summed E-state index contributed by atoms with van der Waals surface area (Å²) in [6.07, 6.45) is 1.04. The van der Waals surface area contributed by atoms with Crippen LogP contribution < -0.4 is 15.2 Å². The number of halogens is 3. The second kappa shape index (κ2) is 6.60. The molecule has 0 unspecified atom stereocenters. The Hall–Kier alpha value is -2.37. The van der Waals surface area contributed by atoms with Crippen LogP contribution in [0.3, 0.4) is 0 Å². The summed E-state index contributed by atoms with van der Waals surface area (Å²) >= 11 is 0. The fraction of sp³-hybridized carbons (Fsp3) is 0.300. The Morgan fingerprint density at radius 2 is 2.09 bits per heavy atom. The van der Waals surface area contributed by atoms with Crippen LogP contribution in [0.15, 0.2) is 23.3 Å². The highest BCUT2D eigenvalue weighted by Gasteiger charge is 2.48. The smallest absolute Gasteiger partial charge is 0.387 e. The first-order valence-electron chi connectivity index (χ1n) is 5.55. The van der Waals surface area contributed by atoms with Crippen LogP contribution in [0.25, 0.3) is 0 Å². The lowest BCUT2D eigenvalue weighted by atomic mass is 10.3. The molecular formula is C10H11F3N4O4S. The molecule has 0 radical (unpaired) electrons. The summed E-state index contributed by atoms with van der Waals surface area (Å²) in [5.41, 5.74) is 0.0295. The number of amides is 2. The van der Waals surface area contributed by atoms with Crippen molar-refractivity contribution in [3.05, 3.63) is 23.9 Å². The van der Waals surface area contributed by atoms with E-state index < -0.39 is 27.5 Å². The Bertz CT molecular complexity index is 666. The Morgan fingerprint density at radius 3 is 2.55 bits per heavy atom. The van der Waals surface area contributed by atoms with Crippen LogP contribution in [0.2, 0.25) is 0 Å². The molecule has 0 aromatic carbocycles. The molecule has 0 fully saturated rings. The maximum Gasteiger partial charge on any atom is 0.534 e. The monoisotopic (exact) mass is 340 g/mol. The van der Waals surface area contributed by atoms with E-state index in [2.05, 4.69) is 19.5 Å². The van der Waals surface area contributed by atoms with Gasteiger partial charge in [0, 0.05) is 18.8 Å². The van der Waals surface area contributed by atoms with Gasteiger partial charge in [-0.05, 0) is 12.5 Å². The fourth-order valence-electron chi connectivity index (χ4n) is 1.10. The van der Waals surface area contributed by atoms with Crippen LogP contribution >= 0.6 is 0 Å². The number of urea groups is 1. The normalized spacial score (nSPS) is 12.8. The van der Waals surface area contributed by atoms with E-state index in [9.17, 15) is 26.4 Å². The van der Waals surface area contributed by atoms with Gasteiger partial charge < -0.3 is 15.2 Å². The number of amidine groups is 1. The highest BCUT2D eigenvalue weighted by atomic mass is 32.2. The van der Waals surface area contributed by atoms with E-state index in [1.165, 1.54) is 13.0 Å². The quantitative estimate of drug-likeness (QED) is 0.363. The molecule has 1 aromatic heterocycles. The van der Waals surface area contributed by atoms with Crippen molar-refractivity contribution in [2.45, 2.75) is 19.0 Å². The summed E-state index contributed by atoms with van der Waals surface area (Å²) in [4.78, 5) is 17.9. The minimum Gasteiger partial charge on any atom is -0.387 e. The van der Waals surface area contributed by atoms with Crippen LogP contribution in [-0.2, 0) is 16.7 Å². The molecular weight excluding hydrogens is 329 g/mol. The zero-order valence-corrected chi connectivity index (χ0v) is 11.9. The molecule has 0 spiro atoms. The van der Waals surface area contributed by atoms with Gasteiger partial charge in [-0.15, -0.1) is 0 Å². The second-order valence-corrected chi connectivity index (χ2v) is 5.44. The summed E-state index contributed by atoms with van der Waals surface area (Å²) in [6, 6.07) is 1.44. The highest BCUT2D eigenvalue weighted by Crippen LogP contribution is 2.25. The van der Waals surface area contributed by atoms with Gasteiger partial charge in [0.15, 0.2) is 0 Å². The SMILES string of the molecule is CC(N)=NC(=O)NCc1ccc(OS(=O)(=O)C(F)(F)F)nc1.